The number of rotatable bonds is 4. The van der Waals surface area contributed by atoms with E-state index in [1.807, 2.05) is 0 Å². The number of anilines is 1. The molecule has 0 atom stereocenters. The zero-order valence-electron chi connectivity index (χ0n) is 12.3. The Balaban J connectivity index is 2.09. The van der Waals surface area contributed by atoms with E-state index in [-0.39, 0.29) is 15.6 Å². The largest absolute Gasteiger partial charge is 0.293 e. The van der Waals surface area contributed by atoms with Crippen LogP contribution in [0, 0.1) is 17.0 Å². The number of nitro groups is 1. The van der Waals surface area contributed by atoms with E-state index < -0.39 is 14.9 Å². The number of nitro benzene ring substituents is 1. The van der Waals surface area contributed by atoms with Crippen molar-refractivity contribution in [2.75, 3.05) is 4.72 Å². The number of para-hydroxylation sites is 2. The number of aryl methyl sites for hydroxylation is 1. The number of benzene rings is 2. The Morgan fingerprint density at radius 3 is 2.62 bits per heavy atom. The van der Waals surface area contributed by atoms with Crippen LogP contribution in [0.25, 0.3) is 10.1 Å². The van der Waals surface area contributed by atoms with Gasteiger partial charge in [-0.25, -0.2) is 8.42 Å². The van der Waals surface area contributed by atoms with Gasteiger partial charge in [-0.1, -0.05) is 23.7 Å². The molecule has 1 heterocycles. The van der Waals surface area contributed by atoms with Crippen molar-refractivity contribution in [3.8, 4) is 0 Å². The second kappa shape index (κ2) is 6.04. The molecule has 6 nitrogen and oxygen atoms in total. The molecular weight excluding hydrogens is 372 g/mol. The molecule has 24 heavy (non-hydrogen) atoms. The van der Waals surface area contributed by atoms with Gasteiger partial charge < -0.3 is 0 Å². The number of fused-ring (bicyclic) bond motifs is 1. The lowest BCUT2D eigenvalue weighted by Crippen LogP contribution is -2.13. The number of thiophene rings is 1. The number of nitrogens with zero attached hydrogens (tertiary/aromatic N) is 1. The summed E-state index contributed by atoms with van der Waals surface area (Å²) >= 11 is 7.06. The highest BCUT2D eigenvalue weighted by Gasteiger charge is 2.25. The van der Waals surface area contributed by atoms with Crippen LogP contribution in [0.4, 0.5) is 11.4 Å². The second-order valence-electron chi connectivity index (χ2n) is 5.03. The fourth-order valence-electron chi connectivity index (χ4n) is 2.34. The molecule has 2 aromatic carbocycles. The average molecular weight is 383 g/mol. The number of hydrogen-bond acceptors (Lipinski definition) is 5. The lowest BCUT2D eigenvalue weighted by atomic mass is 10.2. The van der Waals surface area contributed by atoms with Crippen molar-refractivity contribution in [3.05, 3.63) is 63.2 Å². The van der Waals surface area contributed by atoms with Gasteiger partial charge in [-0.3, -0.25) is 14.8 Å². The average Bonchev–Trinajstić information content (AvgIpc) is 2.85. The summed E-state index contributed by atoms with van der Waals surface area (Å²) in [5, 5.41) is 12.3. The molecule has 0 amide bonds. The molecule has 1 aromatic heterocycles. The van der Waals surface area contributed by atoms with E-state index in [0.29, 0.717) is 10.6 Å². The van der Waals surface area contributed by atoms with Crippen molar-refractivity contribution in [1.29, 1.82) is 0 Å². The van der Waals surface area contributed by atoms with Gasteiger partial charge in [0.05, 0.1) is 4.92 Å². The van der Waals surface area contributed by atoms with Crippen LogP contribution < -0.4 is 4.72 Å². The summed E-state index contributed by atoms with van der Waals surface area (Å²) in [4.78, 5) is 10.4. The second-order valence-corrected chi connectivity index (χ2v) is 8.40. The van der Waals surface area contributed by atoms with Crippen molar-refractivity contribution in [2.24, 2.45) is 0 Å². The third-order valence-corrected chi connectivity index (χ3v) is 6.94. The maximum atomic E-state index is 12.7. The molecule has 0 fully saturated rings. The Morgan fingerprint density at radius 2 is 1.92 bits per heavy atom. The predicted octanol–water partition coefficient (Wildman–Crippen LogP) is 4.57. The summed E-state index contributed by atoms with van der Waals surface area (Å²) < 4.78 is 28.6. The monoisotopic (exact) mass is 382 g/mol. The van der Waals surface area contributed by atoms with Crippen LogP contribution in [-0.2, 0) is 10.0 Å². The minimum absolute atomic E-state index is 0.0719. The molecule has 0 spiro atoms. The number of sulfonamides is 1. The SMILES string of the molecule is Cc1c(S(=O)(=O)Nc2ccccc2[N+](=O)[O-])sc2ccc(Cl)cc12. The lowest BCUT2D eigenvalue weighted by molar-refractivity contribution is -0.383. The van der Waals surface area contributed by atoms with Crippen LogP contribution in [-0.4, -0.2) is 13.3 Å². The normalized spacial score (nSPS) is 11.6. The molecule has 0 aliphatic heterocycles. The quantitative estimate of drug-likeness (QED) is 0.528. The van der Waals surface area contributed by atoms with E-state index in [0.717, 1.165) is 21.4 Å². The maximum absolute atomic E-state index is 12.7. The van der Waals surface area contributed by atoms with Crippen molar-refractivity contribution >= 4 is 54.4 Å². The summed E-state index contributed by atoms with van der Waals surface area (Å²) in [6.45, 7) is 1.68. The van der Waals surface area contributed by atoms with Crippen molar-refractivity contribution in [3.63, 3.8) is 0 Å². The summed E-state index contributed by atoms with van der Waals surface area (Å²) in [7, 11) is -3.95. The van der Waals surface area contributed by atoms with Gasteiger partial charge in [0.1, 0.15) is 9.90 Å². The Hall–Kier alpha value is -2.16. The highest BCUT2D eigenvalue weighted by molar-refractivity contribution is 7.95. The smallest absolute Gasteiger partial charge is 0.272 e. The van der Waals surface area contributed by atoms with Gasteiger partial charge in [-0.15, -0.1) is 11.3 Å². The molecule has 3 rings (SSSR count). The standard InChI is InChI=1S/C15H11ClN2O4S2/c1-9-11-8-10(16)6-7-14(11)23-15(9)24(21,22)17-12-4-2-3-5-13(12)18(19)20/h2-8,17H,1H3. The molecule has 0 saturated heterocycles. The first kappa shape index (κ1) is 16.7. The Bertz CT molecular complexity index is 1060. The van der Waals surface area contributed by atoms with Gasteiger partial charge in [0.25, 0.3) is 15.7 Å². The van der Waals surface area contributed by atoms with Gasteiger partial charge in [0.15, 0.2) is 0 Å². The van der Waals surface area contributed by atoms with Gasteiger partial charge in [0.2, 0.25) is 0 Å². The van der Waals surface area contributed by atoms with Gasteiger partial charge in [-0.05, 0) is 42.1 Å². The molecule has 3 aromatic rings. The minimum Gasteiger partial charge on any atom is -0.272 e. The first-order valence-corrected chi connectivity index (χ1v) is 9.42. The van der Waals surface area contributed by atoms with Crippen molar-refractivity contribution in [2.45, 2.75) is 11.1 Å². The third kappa shape index (κ3) is 2.95. The topological polar surface area (TPSA) is 89.3 Å². The zero-order valence-corrected chi connectivity index (χ0v) is 14.7. The molecule has 0 saturated carbocycles. The van der Waals surface area contributed by atoms with Crippen LogP contribution in [0.15, 0.2) is 46.7 Å². The van der Waals surface area contributed by atoms with Crippen LogP contribution in [0.5, 0.6) is 0 Å². The molecule has 0 bridgehead atoms. The van der Waals surface area contributed by atoms with Crippen molar-refractivity contribution < 1.29 is 13.3 Å². The summed E-state index contributed by atoms with van der Waals surface area (Å²) in [5.74, 6) is 0. The van der Waals surface area contributed by atoms with E-state index >= 15 is 0 Å². The molecule has 9 heteroatoms. The van der Waals surface area contributed by atoms with Gasteiger partial charge in [0, 0.05) is 15.8 Å². The predicted molar refractivity (Wildman–Crippen MR) is 95.5 cm³/mol. The summed E-state index contributed by atoms with van der Waals surface area (Å²) in [5.41, 5.74) is 0.184. The van der Waals surface area contributed by atoms with E-state index in [1.54, 1.807) is 25.1 Å². The van der Waals surface area contributed by atoms with E-state index in [9.17, 15) is 18.5 Å². The van der Waals surface area contributed by atoms with E-state index in [1.165, 1.54) is 24.3 Å². The fraction of sp³-hybridized carbons (Fsp3) is 0.0667. The molecule has 1 N–H and O–H groups in total. The Labute approximate surface area is 146 Å². The van der Waals surface area contributed by atoms with Crippen LogP contribution in [0.3, 0.4) is 0 Å². The third-order valence-electron chi connectivity index (χ3n) is 3.44. The number of halogens is 1. The maximum Gasteiger partial charge on any atom is 0.293 e. The summed E-state index contributed by atoms with van der Waals surface area (Å²) in [6, 6.07) is 10.7. The molecule has 124 valence electrons. The Kier molecular flexibility index (Phi) is 4.20. The van der Waals surface area contributed by atoms with Crippen LogP contribution >= 0.6 is 22.9 Å². The Morgan fingerprint density at radius 1 is 1.21 bits per heavy atom. The fourth-order valence-corrected chi connectivity index (χ4v) is 5.33. The number of nitrogens with one attached hydrogen (secondary N) is 1. The molecule has 0 aliphatic carbocycles. The van der Waals surface area contributed by atoms with Crippen molar-refractivity contribution in [1.82, 2.24) is 0 Å². The minimum atomic E-state index is -3.95. The molecule has 0 radical (unpaired) electrons. The van der Waals surface area contributed by atoms with Crippen LogP contribution in [0.1, 0.15) is 5.56 Å². The highest BCUT2D eigenvalue weighted by Crippen LogP contribution is 2.37. The zero-order chi connectivity index (χ0) is 17.5. The summed E-state index contributed by atoms with van der Waals surface area (Å²) in [6.07, 6.45) is 0. The lowest BCUT2D eigenvalue weighted by Gasteiger charge is -2.07. The molecule has 0 aliphatic rings. The highest BCUT2D eigenvalue weighted by atomic mass is 35.5. The first-order chi connectivity index (χ1) is 11.3. The molecule has 0 unspecified atom stereocenters. The number of hydrogen-bond donors (Lipinski definition) is 1. The molecular formula is C15H11ClN2O4S2. The van der Waals surface area contributed by atoms with Gasteiger partial charge in [-0.2, -0.15) is 0 Å². The van der Waals surface area contributed by atoms with E-state index in [2.05, 4.69) is 4.72 Å². The van der Waals surface area contributed by atoms with Crippen LogP contribution in [0.2, 0.25) is 5.02 Å². The van der Waals surface area contributed by atoms with E-state index in [4.69, 9.17) is 11.6 Å². The first-order valence-electron chi connectivity index (χ1n) is 6.74. The van der Waals surface area contributed by atoms with Gasteiger partial charge >= 0.3 is 0 Å².